The standard InChI is InChI=1S/C18H24FNO/c1-20(13-15-6-2-3-7-15)14-17-10-16(8-4-5-9-21)11-18(19)12-17/h10-12,15,21H,2-3,5-7,9,13-14H2,1H3. The molecule has 21 heavy (non-hydrogen) atoms. The normalized spacial score (nSPS) is 15.2. The number of hydrogen-bond donors (Lipinski definition) is 1. The minimum atomic E-state index is -0.241. The molecule has 1 aromatic rings. The largest absolute Gasteiger partial charge is 0.395 e. The van der Waals surface area contributed by atoms with Crippen LogP contribution in [0, 0.1) is 23.6 Å². The Labute approximate surface area is 127 Å². The zero-order valence-electron chi connectivity index (χ0n) is 12.7. The van der Waals surface area contributed by atoms with Crippen LogP contribution in [0.5, 0.6) is 0 Å². The molecule has 3 heteroatoms. The Balaban J connectivity index is 1.97. The number of aliphatic hydroxyl groups is 1. The molecular weight excluding hydrogens is 265 g/mol. The molecule has 0 aromatic heterocycles. The van der Waals surface area contributed by atoms with Gasteiger partial charge in [-0.1, -0.05) is 24.7 Å². The Bertz CT molecular complexity index is 512. The molecule has 114 valence electrons. The van der Waals surface area contributed by atoms with Gasteiger partial charge in [-0.3, -0.25) is 0 Å². The van der Waals surface area contributed by atoms with E-state index in [1.807, 2.05) is 6.07 Å². The van der Waals surface area contributed by atoms with Crippen LogP contribution in [0.25, 0.3) is 0 Å². The molecule has 0 aliphatic heterocycles. The fourth-order valence-corrected chi connectivity index (χ4v) is 3.04. The molecule has 1 saturated carbocycles. The Morgan fingerprint density at radius 1 is 1.29 bits per heavy atom. The van der Waals surface area contributed by atoms with Crippen LogP contribution in [0.3, 0.4) is 0 Å². The van der Waals surface area contributed by atoms with E-state index in [2.05, 4.69) is 23.8 Å². The summed E-state index contributed by atoms with van der Waals surface area (Å²) in [6.07, 6.45) is 5.77. The van der Waals surface area contributed by atoms with Crippen molar-refractivity contribution in [3.8, 4) is 11.8 Å². The Kier molecular flexibility index (Phi) is 6.22. The smallest absolute Gasteiger partial charge is 0.124 e. The lowest BCUT2D eigenvalue weighted by atomic mass is 10.1. The second-order valence-electron chi connectivity index (χ2n) is 5.97. The number of halogens is 1. The molecule has 0 saturated heterocycles. The van der Waals surface area contributed by atoms with Crippen molar-refractivity contribution in [3.63, 3.8) is 0 Å². The Morgan fingerprint density at radius 2 is 2.05 bits per heavy atom. The molecule has 1 fully saturated rings. The Hall–Kier alpha value is -1.37. The average Bonchev–Trinajstić information content (AvgIpc) is 2.91. The molecule has 0 atom stereocenters. The highest BCUT2D eigenvalue weighted by atomic mass is 19.1. The van der Waals surface area contributed by atoms with Crippen molar-refractivity contribution < 1.29 is 9.50 Å². The van der Waals surface area contributed by atoms with Gasteiger partial charge in [0.15, 0.2) is 0 Å². The number of benzene rings is 1. The quantitative estimate of drug-likeness (QED) is 0.842. The van der Waals surface area contributed by atoms with Gasteiger partial charge in [-0.2, -0.15) is 0 Å². The summed E-state index contributed by atoms with van der Waals surface area (Å²) in [5.74, 6) is 6.30. The highest BCUT2D eigenvalue weighted by molar-refractivity contribution is 5.37. The van der Waals surface area contributed by atoms with E-state index in [4.69, 9.17) is 5.11 Å². The SMILES string of the molecule is CN(Cc1cc(F)cc(C#CCCO)c1)CC1CCCC1. The van der Waals surface area contributed by atoms with Gasteiger partial charge in [-0.25, -0.2) is 4.39 Å². The third-order valence-electron chi connectivity index (χ3n) is 3.92. The summed E-state index contributed by atoms with van der Waals surface area (Å²) >= 11 is 0. The number of aliphatic hydroxyl groups excluding tert-OH is 1. The summed E-state index contributed by atoms with van der Waals surface area (Å²) in [5, 5.41) is 8.72. The van der Waals surface area contributed by atoms with E-state index in [9.17, 15) is 4.39 Å². The highest BCUT2D eigenvalue weighted by Crippen LogP contribution is 2.25. The van der Waals surface area contributed by atoms with Crippen LogP contribution < -0.4 is 0 Å². The van der Waals surface area contributed by atoms with E-state index >= 15 is 0 Å². The minimum Gasteiger partial charge on any atom is -0.395 e. The zero-order chi connectivity index (χ0) is 15.1. The fourth-order valence-electron chi connectivity index (χ4n) is 3.04. The predicted molar refractivity (Wildman–Crippen MR) is 83.3 cm³/mol. The molecule has 0 amide bonds. The molecule has 0 unspecified atom stereocenters. The fraction of sp³-hybridized carbons (Fsp3) is 0.556. The molecule has 0 radical (unpaired) electrons. The van der Waals surface area contributed by atoms with Gasteiger partial charge in [0.25, 0.3) is 0 Å². The van der Waals surface area contributed by atoms with Crippen molar-refractivity contribution in [2.75, 3.05) is 20.2 Å². The Morgan fingerprint density at radius 3 is 2.76 bits per heavy atom. The third-order valence-corrected chi connectivity index (χ3v) is 3.92. The van der Waals surface area contributed by atoms with Crippen LogP contribution in [0.4, 0.5) is 4.39 Å². The third kappa shape index (κ3) is 5.49. The first-order valence-corrected chi connectivity index (χ1v) is 7.75. The molecule has 2 nitrogen and oxygen atoms in total. The summed E-state index contributed by atoms with van der Waals surface area (Å²) in [6, 6.07) is 4.98. The zero-order valence-corrected chi connectivity index (χ0v) is 12.7. The maximum absolute atomic E-state index is 13.7. The summed E-state index contributed by atoms with van der Waals surface area (Å²) in [7, 11) is 2.10. The van der Waals surface area contributed by atoms with Gasteiger partial charge >= 0.3 is 0 Å². The van der Waals surface area contributed by atoms with Gasteiger partial charge in [0, 0.05) is 25.1 Å². The summed E-state index contributed by atoms with van der Waals surface area (Å²) in [5.41, 5.74) is 1.65. The lowest BCUT2D eigenvalue weighted by Crippen LogP contribution is -2.24. The molecule has 0 spiro atoms. The maximum Gasteiger partial charge on any atom is 0.124 e. The highest BCUT2D eigenvalue weighted by Gasteiger charge is 2.16. The second kappa shape index (κ2) is 8.17. The van der Waals surface area contributed by atoms with Crippen LogP contribution in [-0.2, 0) is 6.54 Å². The van der Waals surface area contributed by atoms with E-state index in [0.717, 1.165) is 24.6 Å². The maximum atomic E-state index is 13.7. The molecule has 2 rings (SSSR count). The second-order valence-corrected chi connectivity index (χ2v) is 5.97. The van der Waals surface area contributed by atoms with Crippen LogP contribution >= 0.6 is 0 Å². The number of rotatable bonds is 5. The van der Waals surface area contributed by atoms with Crippen molar-refractivity contribution in [1.29, 1.82) is 0 Å². The molecule has 1 aliphatic rings. The van der Waals surface area contributed by atoms with Crippen LogP contribution in [0.1, 0.15) is 43.2 Å². The lowest BCUT2D eigenvalue weighted by Gasteiger charge is -2.20. The first-order valence-electron chi connectivity index (χ1n) is 7.75. The van der Waals surface area contributed by atoms with E-state index in [1.54, 1.807) is 6.07 Å². The first-order chi connectivity index (χ1) is 10.2. The van der Waals surface area contributed by atoms with Crippen molar-refractivity contribution in [2.24, 2.45) is 5.92 Å². The van der Waals surface area contributed by atoms with Crippen LogP contribution in [-0.4, -0.2) is 30.2 Å². The summed E-state index contributed by atoms with van der Waals surface area (Å²) in [4.78, 5) is 2.27. The van der Waals surface area contributed by atoms with Gasteiger partial charge in [-0.15, -0.1) is 0 Å². The first kappa shape index (κ1) is 16.0. The van der Waals surface area contributed by atoms with E-state index in [0.29, 0.717) is 12.0 Å². The number of hydrogen-bond acceptors (Lipinski definition) is 2. The lowest BCUT2D eigenvalue weighted by molar-refractivity contribution is 0.271. The van der Waals surface area contributed by atoms with Gasteiger partial charge in [0.05, 0.1) is 6.61 Å². The van der Waals surface area contributed by atoms with Gasteiger partial charge in [0.1, 0.15) is 5.82 Å². The molecule has 1 N–H and O–H groups in total. The van der Waals surface area contributed by atoms with Gasteiger partial charge in [-0.05, 0) is 49.6 Å². The average molecular weight is 289 g/mol. The van der Waals surface area contributed by atoms with Crippen LogP contribution in [0.15, 0.2) is 18.2 Å². The minimum absolute atomic E-state index is 0.0410. The van der Waals surface area contributed by atoms with Crippen LogP contribution in [0.2, 0.25) is 0 Å². The molecular formula is C18H24FNO. The summed E-state index contributed by atoms with van der Waals surface area (Å²) < 4.78 is 13.7. The molecule has 1 aliphatic carbocycles. The molecule has 0 heterocycles. The monoisotopic (exact) mass is 289 g/mol. The predicted octanol–water partition coefficient (Wildman–Crippen LogP) is 3.18. The topological polar surface area (TPSA) is 23.5 Å². The van der Waals surface area contributed by atoms with Crippen molar-refractivity contribution in [1.82, 2.24) is 4.90 Å². The van der Waals surface area contributed by atoms with E-state index in [1.165, 1.54) is 31.7 Å². The van der Waals surface area contributed by atoms with Gasteiger partial charge < -0.3 is 10.0 Å². The van der Waals surface area contributed by atoms with E-state index in [-0.39, 0.29) is 12.4 Å². The van der Waals surface area contributed by atoms with E-state index < -0.39 is 0 Å². The van der Waals surface area contributed by atoms with Crippen molar-refractivity contribution in [3.05, 3.63) is 35.1 Å². The molecule has 0 bridgehead atoms. The van der Waals surface area contributed by atoms with Crippen molar-refractivity contribution >= 4 is 0 Å². The summed E-state index contributed by atoms with van der Waals surface area (Å²) in [6.45, 7) is 1.88. The van der Waals surface area contributed by atoms with Crippen molar-refractivity contribution in [2.45, 2.75) is 38.6 Å². The number of nitrogens with zero attached hydrogens (tertiary/aromatic N) is 1. The van der Waals surface area contributed by atoms with Gasteiger partial charge in [0.2, 0.25) is 0 Å². The molecule has 1 aromatic carbocycles.